The summed E-state index contributed by atoms with van der Waals surface area (Å²) < 4.78 is 0. The molecule has 0 heterocycles. The van der Waals surface area contributed by atoms with Gasteiger partial charge in [-0.3, -0.25) is 4.79 Å². The van der Waals surface area contributed by atoms with E-state index in [2.05, 4.69) is 29.8 Å². The molecule has 0 aromatic heterocycles. The van der Waals surface area contributed by atoms with E-state index in [0.29, 0.717) is 28.8 Å². The smallest absolute Gasteiger partial charge is 0.253 e. The van der Waals surface area contributed by atoms with Crippen molar-refractivity contribution in [1.29, 1.82) is 0 Å². The molecular formula is C19H23N3OS. The highest BCUT2D eigenvalue weighted by atomic mass is 32.1. The van der Waals surface area contributed by atoms with Gasteiger partial charge in [0.15, 0.2) is 5.11 Å². The van der Waals surface area contributed by atoms with Crippen molar-refractivity contribution in [1.82, 2.24) is 5.32 Å². The van der Waals surface area contributed by atoms with Crippen LogP contribution in [0.25, 0.3) is 0 Å². The van der Waals surface area contributed by atoms with E-state index in [-0.39, 0.29) is 5.91 Å². The van der Waals surface area contributed by atoms with Crippen molar-refractivity contribution in [2.45, 2.75) is 20.8 Å². The molecule has 2 rings (SSSR count). The first kappa shape index (κ1) is 17.9. The van der Waals surface area contributed by atoms with Gasteiger partial charge in [-0.2, -0.15) is 0 Å². The Kier molecular flexibility index (Phi) is 6.32. The summed E-state index contributed by atoms with van der Waals surface area (Å²) in [7, 11) is 0. The lowest BCUT2D eigenvalue weighted by Gasteiger charge is -2.15. The van der Waals surface area contributed by atoms with Gasteiger partial charge in [-0.05, 0) is 49.3 Å². The number of nitrogens with one attached hydrogen (secondary N) is 3. The number of carbonyl (C=O) groups excluding carboxylic acids is 1. The summed E-state index contributed by atoms with van der Waals surface area (Å²) in [5, 5.41) is 9.60. The molecule has 0 saturated heterocycles. The average molecular weight is 341 g/mol. The van der Waals surface area contributed by atoms with Crippen LogP contribution in [0, 0.1) is 12.8 Å². The summed E-state index contributed by atoms with van der Waals surface area (Å²) in [6.45, 7) is 6.79. The van der Waals surface area contributed by atoms with Gasteiger partial charge >= 0.3 is 0 Å². The van der Waals surface area contributed by atoms with Gasteiger partial charge in [-0.1, -0.05) is 43.7 Å². The van der Waals surface area contributed by atoms with Gasteiger partial charge in [0.25, 0.3) is 5.91 Å². The van der Waals surface area contributed by atoms with Crippen molar-refractivity contribution in [3.63, 3.8) is 0 Å². The number of hydrogen-bond acceptors (Lipinski definition) is 2. The molecule has 24 heavy (non-hydrogen) atoms. The molecule has 0 unspecified atom stereocenters. The van der Waals surface area contributed by atoms with Crippen LogP contribution in [0.4, 0.5) is 11.4 Å². The SMILES string of the molecule is Cc1ccc(NC(=S)Nc2ccccc2C(=O)NCC(C)C)cc1. The van der Waals surface area contributed by atoms with Crippen LogP contribution in [0.2, 0.25) is 0 Å². The fourth-order valence-corrected chi connectivity index (χ4v) is 2.33. The molecule has 0 radical (unpaired) electrons. The minimum atomic E-state index is -0.107. The number of hydrogen-bond donors (Lipinski definition) is 3. The molecule has 0 aliphatic heterocycles. The van der Waals surface area contributed by atoms with E-state index in [1.54, 1.807) is 6.07 Å². The molecule has 0 saturated carbocycles. The Bertz CT molecular complexity index is 711. The highest BCUT2D eigenvalue weighted by Gasteiger charge is 2.12. The van der Waals surface area contributed by atoms with Gasteiger partial charge in [-0.25, -0.2) is 0 Å². The van der Waals surface area contributed by atoms with Crippen LogP contribution in [0.3, 0.4) is 0 Å². The van der Waals surface area contributed by atoms with Crippen molar-refractivity contribution in [3.8, 4) is 0 Å². The minimum absolute atomic E-state index is 0.107. The molecular weight excluding hydrogens is 318 g/mol. The van der Waals surface area contributed by atoms with E-state index >= 15 is 0 Å². The minimum Gasteiger partial charge on any atom is -0.352 e. The first-order valence-electron chi connectivity index (χ1n) is 7.97. The summed E-state index contributed by atoms with van der Waals surface area (Å²) >= 11 is 5.35. The molecule has 0 atom stereocenters. The number of rotatable bonds is 5. The van der Waals surface area contributed by atoms with E-state index in [4.69, 9.17) is 12.2 Å². The van der Waals surface area contributed by atoms with Crippen LogP contribution in [-0.2, 0) is 0 Å². The number of para-hydroxylation sites is 1. The maximum Gasteiger partial charge on any atom is 0.253 e. The highest BCUT2D eigenvalue weighted by Crippen LogP contribution is 2.16. The van der Waals surface area contributed by atoms with E-state index in [1.807, 2.05) is 49.4 Å². The van der Waals surface area contributed by atoms with Gasteiger partial charge in [0, 0.05) is 12.2 Å². The standard InChI is InChI=1S/C19H23N3OS/c1-13(2)12-20-18(23)16-6-4-5-7-17(16)22-19(24)21-15-10-8-14(3)9-11-15/h4-11,13H,12H2,1-3H3,(H,20,23)(H2,21,22,24). The molecule has 126 valence electrons. The quantitative estimate of drug-likeness (QED) is 0.714. The monoisotopic (exact) mass is 341 g/mol. The number of anilines is 2. The van der Waals surface area contributed by atoms with Crippen molar-refractivity contribution >= 4 is 34.6 Å². The lowest BCUT2D eigenvalue weighted by molar-refractivity contribution is 0.0950. The summed E-state index contributed by atoms with van der Waals surface area (Å²) in [6.07, 6.45) is 0. The van der Waals surface area contributed by atoms with Gasteiger partial charge in [0.05, 0.1) is 11.3 Å². The first-order valence-corrected chi connectivity index (χ1v) is 8.38. The van der Waals surface area contributed by atoms with Crippen molar-refractivity contribution < 1.29 is 4.79 Å². The Hall–Kier alpha value is -2.40. The summed E-state index contributed by atoms with van der Waals surface area (Å²) in [6, 6.07) is 15.3. The molecule has 0 fully saturated rings. The Morgan fingerprint density at radius 3 is 2.38 bits per heavy atom. The van der Waals surface area contributed by atoms with Crippen molar-refractivity contribution in [3.05, 3.63) is 59.7 Å². The Balaban J connectivity index is 2.05. The molecule has 0 bridgehead atoms. The molecule has 5 heteroatoms. The fourth-order valence-electron chi connectivity index (χ4n) is 2.10. The number of carbonyl (C=O) groups is 1. The third kappa shape index (κ3) is 5.35. The zero-order chi connectivity index (χ0) is 17.5. The number of amides is 1. The largest absolute Gasteiger partial charge is 0.352 e. The van der Waals surface area contributed by atoms with Crippen LogP contribution < -0.4 is 16.0 Å². The maximum absolute atomic E-state index is 12.3. The third-order valence-corrected chi connectivity index (χ3v) is 3.60. The predicted octanol–water partition coefficient (Wildman–Crippen LogP) is 4.19. The van der Waals surface area contributed by atoms with Crippen LogP contribution in [-0.4, -0.2) is 17.6 Å². The molecule has 0 aliphatic rings. The van der Waals surface area contributed by atoms with E-state index < -0.39 is 0 Å². The van der Waals surface area contributed by atoms with Gasteiger partial charge < -0.3 is 16.0 Å². The molecule has 3 N–H and O–H groups in total. The number of aryl methyl sites for hydroxylation is 1. The molecule has 0 aliphatic carbocycles. The second-order valence-electron chi connectivity index (χ2n) is 6.09. The number of thiocarbonyl (C=S) groups is 1. The topological polar surface area (TPSA) is 53.2 Å². The highest BCUT2D eigenvalue weighted by molar-refractivity contribution is 7.80. The first-order chi connectivity index (χ1) is 11.5. The van der Waals surface area contributed by atoms with Crippen LogP contribution in [0.1, 0.15) is 29.8 Å². The zero-order valence-corrected chi connectivity index (χ0v) is 15.0. The van der Waals surface area contributed by atoms with Crippen LogP contribution >= 0.6 is 12.2 Å². The molecule has 1 amide bonds. The zero-order valence-electron chi connectivity index (χ0n) is 14.2. The second-order valence-corrected chi connectivity index (χ2v) is 6.50. The second kappa shape index (κ2) is 8.45. The summed E-state index contributed by atoms with van der Waals surface area (Å²) in [4.78, 5) is 12.3. The molecule has 4 nitrogen and oxygen atoms in total. The lowest BCUT2D eigenvalue weighted by atomic mass is 10.1. The Morgan fingerprint density at radius 1 is 1.04 bits per heavy atom. The third-order valence-electron chi connectivity index (χ3n) is 3.40. The van der Waals surface area contributed by atoms with Crippen molar-refractivity contribution in [2.24, 2.45) is 5.92 Å². The normalized spacial score (nSPS) is 10.3. The maximum atomic E-state index is 12.3. The fraction of sp³-hybridized carbons (Fsp3) is 0.263. The molecule has 2 aromatic carbocycles. The molecule has 0 spiro atoms. The van der Waals surface area contributed by atoms with Gasteiger partial charge in [-0.15, -0.1) is 0 Å². The Morgan fingerprint density at radius 2 is 1.71 bits per heavy atom. The van der Waals surface area contributed by atoms with Gasteiger partial charge in [0.1, 0.15) is 0 Å². The number of benzene rings is 2. The summed E-state index contributed by atoms with van der Waals surface area (Å²) in [5.74, 6) is 0.295. The van der Waals surface area contributed by atoms with E-state index in [0.717, 1.165) is 5.69 Å². The van der Waals surface area contributed by atoms with E-state index in [9.17, 15) is 4.79 Å². The predicted molar refractivity (Wildman–Crippen MR) is 105 cm³/mol. The van der Waals surface area contributed by atoms with Crippen LogP contribution in [0.15, 0.2) is 48.5 Å². The lowest BCUT2D eigenvalue weighted by Crippen LogP contribution is -2.29. The van der Waals surface area contributed by atoms with Crippen molar-refractivity contribution in [2.75, 3.05) is 17.2 Å². The van der Waals surface area contributed by atoms with Crippen LogP contribution in [0.5, 0.6) is 0 Å². The van der Waals surface area contributed by atoms with E-state index in [1.165, 1.54) is 5.56 Å². The molecule has 2 aromatic rings. The Labute approximate surface area is 148 Å². The average Bonchev–Trinajstić information content (AvgIpc) is 2.55. The van der Waals surface area contributed by atoms with Gasteiger partial charge in [0.2, 0.25) is 0 Å². The summed E-state index contributed by atoms with van der Waals surface area (Å²) in [5.41, 5.74) is 3.35.